The summed E-state index contributed by atoms with van der Waals surface area (Å²) in [6.45, 7) is 4.05. The molecule has 0 radical (unpaired) electrons. The van der Waals surface area contributed by atoms with Gasteiger partial charge >= 0.3 is 0 Å². The summed E-state index contributed by atoms with van der Waals surface area (Å²) in [4.78, 5) is 24.3. The minimum Gasteiger partial charge on any atom is -0.441 e. The maximum Gasteiger partial charge on any atom is 0.233 e. The fraction of sp³-hybridized carbons (Fsp3) is 0.148. The number of hydrogen-bond donors (Lipinski definition) is 0. The van der Waals surface area contributed by atoms with E-state index in [-0.39, 0.29) is 12.3 Å². The van der Waals surface area contributed by atoms with E-state index in [0.717, 1.165) is 27.0 Å². The average Bonchev–Trinajstić information content (AvgIpc) is 3.47. The third-order valence-electron chi connectivity index (χ3n) is 5.52. The maximum atomic E-state index is 13.5. The first-order valence-corrected chi connectivity index (χ1v) is 11.7. The molecule has 0 saturated carbocycles. The molecule has 0 saturated heterocycles. The molecule has 164 valence electrons. The molecule has 0 unspecified atom stereocenters. The van der Waals surface area contributed by atoms with Crippen LogP contribution in [-0.2, 0) is 11.2 Å². The van der Waals surface area contributed by atoms with Crippen molar-refractivity contribution < 1.29 is 9.21 Å². The van der Waals surface area contributed by atoms with Gasteiger partial charge in [0.25, 0.3) is 0 Å². The summed E-state index contributed by atoms with van der Waals surface area (Å²) in [6, 6.07) is 23.9. The second-order valence-electron chi connectivity index (χ2n) is 7.96. The van der Waals surface area contributed by atoms with Gasteiger partial charge in [-0.1, -0.05) is 71.5 Å². The van der Waals surface area contributed by atoms with Crippen LogP contribution in [0.4, 0.5) is 10.8 Å². The first-order valence-electron chi connectivity index (χ1n) is 10.8. The zero-order valence-electron chi connectivity index (χ0n) is 18.5. The van der Waals surface area contributed by atoms with Crippen molar-refractivity contribution in [3.63, 3.8) is 0 Å². The molecule has 5 rings (SSSR count). The normalized spacial score (nSPS) is 11.1. The molecule has 0 N–H and O–H groups in total. The van der Waals surface area contributed by atoms with Crippen LogP contribution in [0.25, 0.3) is 21.5 Å². The van der Waals surface area contributed by atoms with Gasteiger partial charge in [-0.2, -0.15) is 0 Å². The second-order valence-corrected chi connectivity index (χ2v) is 8.97. The molecular formula is C27H23N3O2S. The number of thiazole rings is 1. The van der Waals surface area contributed by atoms with E-state index in [0.29, 0.717) is 23.2 Å². The number of hydrogen-bond acceptors (Lipinski definition) is 5. The molecule has 6 heteroatoms. The lowest BCUT2D eigenvalue weighted by molar-refractivity contribution is -0.117. The Hall–Kier alpha value is -3.77. The lowest BCUT2D eigenvalue weighted by atomic mass is 10.1. The Bertz CT molecular complexity index is 1390. The molecule has 5 aromatic rings. The van der Waals surface area contributed by atoms with Gasteiger partial charge in [-0.3, -0.25) is 9.69 Å². The summed E-state index contributed by atoms with van der Waals surface area (Å²) in [6.07, 6.45) is 2.40. The smallest absolute Gasteiger partial charge is 0.233 e. The van der Waals surface area contributed by atoms with Crippen LogP contribution in [-0.4, -0.2) is 15.9 Å². The molecule has 0 spiro atoms. The van der Waals surface area contributed by atoms with Gasteiger partial charge in [0.1, 0.15) is 0 Å². The van der Waals surface area contributed by atoms with Gasteiger partial charge < -0.3 is 4.42 Å². The summed E-state index contributed by atoms with van der Waals surface area (Å²) in [5.41, 5.74) is 4.91. The Labute approximate surface area is 196 Å². The van der Waals surface area contributed by atoms with Crippen LogP contribution in [0.2, 0.25) is 0 Å². The zero-order valence-corrected chi connectivity index (χ0v) is 19.3. The molecule has 0 fully saturated rings. The number of aromatic nitrogens is 2. The minimum atomic E-state index is -0.0431. The van der Waals surface area contributed by atoms with Gasteiger partial charge in [0.2, 0.25) is 5.91 Å². The van der Waals surface area contributed by atoms with Crippen LogP contribution in [0.1, 0.15) is 23.4 Å². The topological polar surface area (TPSA) is 59.2 Å². The van der Waals surface area contributed by atoms with Crippen molar-refractivity contribution in [2.24, 2.45) is 0 Å². The van der Waals surface area contributed by atoms with Crippen LogP contribution in [0, 0.1) is 13.8 Å². The Balaban J connectivity index is 1.40. The van der Waals surface area contributed by atoms with Gasteiger partial charge in [0, 0.05) is 18.4 Å². The number of para-hydroxylation sites is 2. The monoisotopic (exact) mass is 453 g/mol. The largest absolute Gasteiger partial charge is 0.441 e. The second kappa shape index (κ2) is 9.00. The van der Waals surface area contributed by atoms with Crippen molar-refractivity contribution in [1.82, 2.24) is 9.97 Å². The van der Waals surface area contributed by atoms with Crippen molar-refractivity contribution in [2.75, 3.05) is 4.90 Å². The number of benzene rings is 3. The van der Waals surface area contributed by atoms with E-state index in [1.165, 1.54) is 16.9 Å². The number of aryl methyl sites for hydroxylation is 3. The van der Waals surface area contributed by atoms with Gasteiger partial charge in [0.15, 0.2) is 16.8 Å². The van der Waals surface area contributed by atoms with Gasteiger partial charge in [-0.15, -0.1) is 0 Å². The predicted molar refractivity (Wildman–Crippen MR) is 133 cm³/mol. The highest BCUT2D eigenvalue weighted by molar-refractivity contribution is 7.22. The molecular weight excluding hydrogens is 430 g/mol. The van der Waals surface area contributed by atoms with E-state index in [4.69, 9.17) is 9.40 Å². The molecule has 33 heavy (non-hydrogen) atoms. The summed E-state index contributed by atoms with van der Waals surface area (Å²) in [5, 5.41) is 0.670. The zero-order chi connectivity index (χ0) is 22.8. The van der Waals surface area contributed by atoms with Gasteiger partial charge in [-0.25, -0.2) is 9.97 Å². The number of fused-ring (bicyclic) bond motifs is 1. The lowest BCUT2D eigenvalue weighted by Crippen LogP contribution is -2.26. The Morgan fingerprint density at radius 2 is 1.73 bits per heavy atom. The number of carbonyl (C=O) groups is 1. The van der Waals surface area contributed by atoms with Gasteiger partial charge in [0.05, 0.1) is 22.1 Å². The first kappa shape index (κ1) is 21.1. The van der Waals surface area contributed by atoms with E-state index < -0.39 is 0 Å². The van der Waals surface area contributed by atoms with Crippen molar-refractivity contribution in [2.45, 2.75) is 26.7 Å². The highest BCUT2D eigenvalue weighted by atomic mass is 32.1. The van der Waals surface area contributed by atoms with Crippen molar-refractivity contribution >= 4 is 38.3 Å². The van der Waals surface area contributed by atoms with Crippen molar-refractivity contribution in [3.8, 4) is 11.3 Å². The summed E-state index contributed by atoms with van der Waals surface area (Å²) < 4.78 is 6.98. The van der Waals surface area contributed by atoms with Crippen molar-refractivity contribution in [1.29, 1.82) is 0 Å². The van der Waals surface area contributed by atoms with Crippen LogP contribution in [0.15, 0.2) is 83.4 Å². The van der Waals surface area contributed by atoms with E-state index in [1.54, 1.807) is 11.1 Å². The Kier molecular flexibility index (Phi) is 5.75. The van der Waals surface area contributed by atoms with Crippen LogP contribution < -0.4 is 4.90 Å². The molecule has 2 aromatic heterocycles. The van der Waals surface area contributed by atoms with Crippen LogP contribution >= 0.6 is 11.3 Å². The van der Waals surface area contributed by atoms with E-state index in [9.17, 15) is 4.79 Å². The summed E-state index contributed by atoms with van der Waals surface area (Å²) in [5.74, 6) is 1.21. The van der Waals surface area contributed by atoms with Gasteiger partial charge in [-0.05, 0) is 37.6 Å². The minimum absolute atomic E-state index is 0.0431. The maximum absolute atomic E-state index is 13.5. The van der Waals surface area contributed by atoms with Crippen molar-refractivity contribution in [3.05, 3.63) is 96.0 Å². The number of rotatable bonds is 6. The third-order valence-corrected chi connectivity index (χ3v) is 6.54. The molecule has 0 atom stereocenters. The standard InChI is InChI=1S/C27H23N3O2S/c1-18-11-13-20(14-12-18)23-17-28-25(32-23)15-16-26(31)30(22-9-5-3-7-19(22)2)27-29-21-8-4-6-10-24(21)33-27/h3-14,17H,15-16H2,1-2H3. The number of oxazole rings is 1. The number of anilines is 2. The molecule has 3 aromatic carbocycles. The lowest BCUT2D eigenvalue weighted by Gasteiger charge is -2.21. The van der Waals surface area contributed by atoms with Crippen LogP contribution in [0.3, 0.4) is 0 Å². The molecule has 5 nitrogen and oxygen atoms in total. The molecule has 2 heterocycles. The molecule has 0 bridgehead atoms. The summed E-state index contributed by atoms with van der Waals surface area (Å²) in [7, 11) is 0. The van der Waals surface area contributed by atoms with E-state index in [1.807, 2.05) is 86.6 Å². The number of nitrogens with zero attached hydrogens (tertiary/aromatic N) is 3. The van der Waals surface area contributed by atoms with E-state index >= 15 is 0 Å². The molecule has 0 aliphatic carbocycles. The number of amides is 1. The Morgan fingerprint density at radius 1 is 0.970 bits per heavy atom. The highest BCUT2D eigenvalue weighted by Crippen LogP contribution is 2.35. The molecule has 0 aliphatic heterocycles. The number of carbonyl (C=O) groups excluding carboxylic acids is 1. The predicted octanol–water partition coefficient (Wildman–Crippen LogP) is 6.87. The van der Waals surface area contributed by atoms with E-state index in [2.05, 4.69) is 4.98 Å². The fourth-order valence-electron chi connectivity index (χ4n) is 3.72. The quantitative estimate of drug-likeness (QED) is 0.282. The third kappa shape index (κ3) is 4.43. The highest BCUT2D eigenvalue weighted by Gasteiger charge is 2.23. The average molecular weight is 454 g/mol. The molecule has 1 amide bonds. The first-order chi connectivity index (χ1) is 16.1. The molecule has 0 aliphatic rings. The summed E-state index contributed by atoms with van der Waals surface area (Å²) >= 11 is 1.52. The van der Waals surface area contributed by atoms with Crippen LogP contribution in [0.5, 0.6) is 0 Å². The Morgan fingerprint density at radius 3 is 2.52 bits per heavy atom. The SMILES string of the molecule is Cc1ccc(-c2cnc(CCC(=O)N(c3nc4ccccc4s3)c3ccccc3C)o2)cc1. The fourth-order valence-corrected chi connectivity index (χ4v) is 4.71.